The Morgan fingerprint density at radius 2 is 1.95 bits per heavy atom. The lowest BCUT2D eigenvalue weighted by Crippen LogP contribution is -2.41. The Hall–Kier alpha value is -1.71. The van der Waals surface area contributed by atoms with Crippen molar-refractivity contribution in [1.82, 2.24) is 0 Å². The smallest absolute Gasteiger partial charge is 0.226 e. The van der Waals surface area contributed by atoms with E-state index in [1.54, 1.807) is 7.11 Å². The summed E-state index contributed by atoms with van der Waals surface area (Å²) in [5.74, 6) is 0.863. The molecular formula is C15H20N2O2. The predicted octanol–water partition coefficient (Wildman–Crippen LogP) is 3.15. The molecule has 0 bridgehead atoms. The first-order valence-corrected chi connectivity index (χ1v) is 6.97. The van der Waals surface area contributed by atoms with Gasteiger partial charge in [-0.2, -0.15) is 0 Å². The van der Waals surface area contributed by atoms with Gasteiger partial charge in [0.2, 0.25) is 5.91 Å². The molecule has 0 radical (unpaired) electrons. The molecule has 1 amide bonds. The third-order valence-corrected chi connectivity index (χ3v) is 4.21. The third-order valence-electron chi connectivity index (χ3n) is 4.21. The highest BCUT2D eigenvalue weighted by atomic mass is 16.5. The normalized spacial score (nSPS) is 21.0. The lowest BCUT2D eigenvalue weighted by Gasteiger charge is -2.37. The number of anilines is 2. The van der Waals surface area contributed by atoms with E-state index in [1.807, 2.05) is 18.2 Å². The Morgan fingerprint density at radius 1 is 1.16 bits per heavy atom. The molecule has 1 heterocycles. The second-order valence-corrected chi connectivity index (χ2v) is 5.60. The van der Waals surface area contributed by atoms with Crippen molar-refractivity contribution in [2.45, 2.75) is 44.1 Å². The van der Waals surface area contributed by atoms with Gasteiger partial charge in [-0.15, -0.1) is 0 Å². The van der Waals surface area contributed by atoms with Crippen LogP contribution in [0.4, 0.5) is 11.4 Å². The zero-order valence-electron chi connectivity index (χ0n) is 11.3. The molecule has 2 N–H and O–H groups in total. The first kappa shape index (κ1) is 12.3. The quantitative estimate of drug-likeness (QED) is 0.815. The molecule has 1 aliphatic carbocycles. The minimum atomic E-state index is -0.0534. The molecule has 1 aromatic rings. The molecule has 1 spiro atoms. The number of carbonyl (C=O) groups excluding carboxylic acids is 1. The van der Waals surface area contributed by atoms with Crippen molar-refractivity contribution < 1.29 is 9.53 Å². The van der Waals surface area contributed by atoms with Gasteiger partial charge in [0, 0.05) is 18.0 Å². The molecule has 2 aliphatic rings. The molecule has 3 rings (SSSR count). The zero-order chi connectivity index (χ0) is 13.3. The van der Waals surface area contributed by atoms with Crippen LogP contribution in [0.2, 0.25) is 0 Å². The van der Waals surface area contributed by atoms with Crippen LogP contribution >= 0.6 is 0 Å². The molecule has 0 unspecified atom stereocenters. The van der Waals surface area contributed by atoms with Crippen LogP contribution in [0.15, 0.2) is 18.2 Å². The highest BCUT2D eigenvalue weighted by Gasteiger charge is 2.36. The van der Waals surface area contributed by atoms with E-state index >= 15 is 0 Å². The van der Waals surface area contributed by atoms with E-state index in [4.69, 9.17) is 4.74 Å². The van der Waals surface area contributed by atoms with Crippen molar-refractivity contribution in [2.75, 3.05) is 17.7 Å². The zero-order valence-corrected chi connectivity index (χ0v) is 11.3. The summed E-state index contributed by atoms with van der Waals surface area (Å²) in [4.78, 5) is 12.1. The number of ether oxygens (including phenoxy) is 1. The molecule has 0 aromatic heterocycles. The van der Waals surface area contributed by atoms with Gasteiger partial charge in [-0.25, -0.2) is 0 Å². The number of methoxy groups -OCH3 is 1. The number of carbonyl (C=O) groups is 1. The fourth-order valence-electron chi connectivity index (χ4n) is 3.22. The molecule has 4 nitrogen and oxygen atoms in total. The number of rotatable bonds is 1. The van der Waals surface area contributed by atoms with Crippen LogP contribution in [-0.2, 0) is 4.79 Å². The Labute approximate surface area is 113 Å². The summed E-state index contributed by atoms with van der Waals surface area (Å²) in [6, 6.07) is 5.80. The summed E-state index contributed by atoms with van der Waals surface area (Å²) in [6.07, 6.45) is 6.39. The molecule has 1 aliphatic heterocycles. The van der Waals surface area contributed by atoms with Crippen LogP contribution in [0.1, 0.15) is 38.5 Å². The topological polar surface area (TPSA) is 50.4 Å². The molecule has 1 saturated carbocycles. The monoisotopic (exact) mass is 260 g/mol. The van der Waals surface area contributed by atoms with E-state index in [2.05, 4.69) is 10.6 Å². The van der Waals surface area contributed by atoms with Crippen LogP contribution in [0.5, 0.6) is 5.75 Å². The van der Waals surface area contributed by atoms with Crippen molar-refractivity contribution in [3.05, 3.63) is 18.2 Å². The highest BCUT2D eigenvalue weighted by molar-refractivity contribution is 5.97. The predicted molar refractivity (Wildman–Crippen MR) is 75.7 cm³/mol. The minimum Gasteiger partial charge on any atom is -0.497 e. The number of fused-ring (bicyclic) bond motifs is 1. The highest BCUT2D eigenvalue weighted by Crippen LogP contribution is 2.40. The van der Waals surface area contributed by atoms with Crippen LogP contribution in [0.25, 0.3) is 0 Å². The maximum Gasteiger partial charge on any atom is 0.226 e. The molecule has 4 heteroatoms. The number of nitrogens with one attached hydrogen (secondary N) is 2. The fraction of sp³-hybridized carbons (Fsp3) is 0.533. The number of hydrogen-bond acceptors (Lipinski definition) is 3. The minimum absolute atomic E-state index is 0.0534. The van der Waals surface area contributed by atoms with Gasteiger partial charge in [-0.05, 0) is 25.0 Å². The summed E-state index contributed by atoms with van der Waals surface area (Å²) in [6.45, 7) is 0. The van der Waals surface area contributed by atoms with Gasteiger partial charge in [0.05, 0.1) is 18.5 Å². The molecule has 1 fully saturated rings. The second kappa shape index (κ2) is 4.76. The summed E-state index contributed by atoms with van der Waals surface area (Å²) in [5, 5.41) is 6.60. The Balaban J connectivity index is 1.95. The van der Waals surface area contributed by atoms with Gasteiger partial charge < -0.3 is 15.4 Å². The Kier molecular flexibility index (Phi) is 3.09. The number of hydrogen-bond donors (Lipinski definition) is 2. The summed E-state index contributed by atoms with van der Waals surface area (Å²) in [7, 11) is 1.64. The van der Waals surface area contributed by atoms with Gasteiger partial charge in [0.25, 0.3) is 0 Å². The first-order chi connectivity index (χ1) is 9.21. The first-order valence-electron chi connectivity index (χ1n) is 6.97. The van der Waals surface area contributed by atoms with Gasteiger partial charge in [0.1, 0.15) is 5.75 Å². The third kappa shape index (κ3) is 2.39. The molecular weight excluding hydrogens is 240 g/mol. The average Bonchev–Trinajstić information content (AvgIpc) is 2.53. The fourth-order valence-corrected chi connectivity index (χ4v) is 3.22. The van der Waals surface area contributed by atoms with Crippen LogP contribution < -0.4 is 15.4 Å². The summed E-state index contributed by atoms with van der Waals surface area (Å²) in [5.41, 5.74) is 1.78. The van der Waals surface area contributed by atoms with Crippen molar-refractivity contribution in [2.24, 2.45) is 0 Å². The summed E-state index contributed by atoms with van der Waals surface area (Å²) >= 11 is 0. The van der Waals surface area contributed by atoms with Gasteiger partial charge in [-0.3, -0.25) is 4.79 Å². The van der Waals surface area contributed by atoms with E-state index in [0.29, 0.717) is 6.42 Å². The second-order valence-electron chi connectivity index (χ2n) is 5.60. The van der Waals surface area contributed by atoms with Gasteiger partial charge in [0.15, 0.2) is 0 Å². The van der Waals surface area contributed by atoms with Crippen molar-refractivity contribution in [1.29, 1.82) is 0 Å². The van der Waals surface area contributed by atoms with E-state index in [9.17, 15) is 4.79 Å². The Morgan fingerprint density at radius 3 is 2.68 bits per heavy atom. The maximum atomic E-state index is 12.1. The number of benzene rings is 1. The molecule has 19 heavy (non-hydrogen) atoms. The van der Waals surface area contributed by atoms with Crippen molar-refractivity contribution in [3.63, 3.8) is 0 Å². The van der Waals surface area contributed by atoms with Crippen LogP contribution in [0.3, 0.4) is 0 Å². The number of amides is 1. The van der Waals surface area contributed by atoms with Crippen LogP contribution in [0, 0.1) is 0 Å². The van der Waals surface area contributed by atoms with E-state index in [0.717, 1.165) is 30.0 Å². The average molecular weight is 260 g/mol. The van der Waals surface area contributed by atoms with Crippen molar-refractivity contribution >= 4 is 17.3 Å². The van der Waals surface area contributed by atoms with Crippen LogP contribution in [-0.4, -0.2) is 18.6 Å². The molecule has 1 aromatic carbocycles. The molecule has 0 saturated heterocycles. The van der Waals surface area contributed by atoms with Gasteiger partial charge in [-0.1, -0.05) is 19.3 Å². The largest absolute Gasteiger partial charge is 0.497 e. The summed E-state index contributed by atoms with van der Waals surface area (Å²) < 4.78 is 5.21. The maximum absolute atomic E-state index is 12.1. The lowest BCUT2D eigenvalue weighted by atomic mass is 9.79. The van der Waals surface area contributed by atoms with E-state index < -0.39 is 0 Å². The lowest BCUT2D eigenvalue weighted by molar-refractivity contribution is -0.117. The Bertz CT molecular complexity index is 493. The molecule has 0 atom stereocenters. The van der Waals surface area contributed by atoms with Crippen molar-refractivity contribution in [3.8, 4) is 5.75 Å². The SMILES string of the molecule is COc1ccc2c(c1)NC(=O)CC1(CCCCC1)N2. The van der Waals surface area contributed by atoms with E-state index in [1.165, 1.54) is 19.3 Å². The van der Waals surface area contributed by atoms with E-state index in [-0.39, 0.29) is 11.4 Å². The van der Waals surface area contributed by atoms with Gasteiger partial charge >= 0.3 is 0 Å². The standard InChI is InChI=1S/C15H20N2O2/c1-19-11-5-6-12-13(9-11)16-14(18)10-15(17-12)7-3-2-4-8-15/h5-6,9,17H,2-4,7-8,10H2,1H3,(H,16,18). The molecule has 102 valence electrons.